The van der Waals surface area contributed by atoms with Gasteiger partial charge in [-0.05, 0) is 33.4 Å². The van der Waals surface area contributed by atoms with Gasteiger partial charge < -0.3 is 0 Å². The molecule has 1 fully saturated rings. The molecule has 2 heteroatoms. The Morgan fingerprint density at radius 2 is 0.558 bits per heavy atom. The molecule has 0 saturated carbocycles. The zero-order valence-corrected chi connectivity index (χ0v) is 24.2. The molecule has 1 heterocycles. The lowest BCUT2D eigenvalue weighted by atomic mass is 9.88. The van der Waals surface area contributed by atoms with Gasteiger partial charge >= 0.3 is 0 Å². The van der Waals surface area contributed by atoms with Crippen molar-refractivity contribution in [2.45, 2.75) is 24.2 Å². The van der Waals surface area contributed by atoms with Crippen molar-refractivity contribution in [3.8, 4) is 0 Å². The van der Waals surface area contributed by atoms with Gasteiger partial charge in [-0.15, -0.1) is 0 Å². The molecule has 1 aliphatic heterocycles. The maximum atomic E-state index is 2.73. The predicted molar refractivity (Wildman–Crippen MR) is 176 cm³/mol. The van der Waals surface area contributed by atoms with E-state index in [0.29, 0.717) is 0 Å². The number of benzene rings is 6. The topological polar surface area (TPSA) is 6.48 Å². The summed E-state index contributed by atoms with van der Waals surface area (Å²) in [4.78, 5) is 5.47. The number of hydrogen-bond acceptors (Lipinski definition) is 2. The van der Waals surface area contributed by atoms with Crippen LogP contribution < -0.4 is 0 Å². The zero-order valence-electron chi connectivity index (χ0n) is 24.2. The third-order valence-electron chi connectivity index (χ3n) is 8.75. The van der Waals surface area contributed by atoms with Crippen molar-refractivity contribution >= 4 is 0 Å². The molecular weight excluding hydrogens is 520 g/mol. The Labute approximate surface area is 255 Å². The van der Waals surface area contributed by atoms with Crippen LogP contribution in [0.1, 0.15) is 57.5 Å². The average molecular weight is 557 g/mol. The Morgan fingerprint density at radius 3 is 0.814 bits per heavy atom. The molecule has 0 amide bonds. The molecular formula is C41H36N2. The van der Waals surface area contributed by atoms with Gasteiger partial charge in [0.15, 0.2) is 0 Å². The fourth-order valence-electron chi connectivity index (χ4n) is 6.95. The maximum absolute atomic E-state index is 2.73. The van der Waals surface area contributed by atoms with E-state index in [2.05, 4.69) is 192 Å². The highest BCUT2D eigenvalue weighted by Crippen LogP contribution is 2.52. The van der Waals surface area contributed by atoms with Crippen molar-refractivity contribution in [2.24, 2.45) is 0 Å². The first-order valence-corrected chi connectivity index (χ1v) is 15.2. The molecule has 1 aliphatic rings. The molecule has 210 valence electrons. The fraction of sp³-hybridized carbons (Fsp3) is 0.122. The molecule has 0 N–H and O–H groups in total. The molecule has 2 atom stereocenters. The smallest absolute Gasteiger partial charge is 0.0620 e. The molecule has 7 rings (SSSR count). The van der Waals surface area contributed by atoms with Gasteiger partial charge in [-0.25, -0.2) is 0 Å². The summed E-state index contributed by atoms with van der Waals surface area (Å²) in [5.74, 6) is 0. The van der Waals surface area contributed by atoms with Crippen LogP contribution >= 0.6 is 0 Å². The second-order valence-corrected chi connectivity index (χ2v) is 11.3. The Kier molecular flexibility index (Phi) is 7.96. The van der Waals surface area contributed by atoms with Crippen molar-refractivity contribution in [1.82, 2.24) is 9.80 Å². The van der Waals surface area contributed by atoms with E-state index in [9.17, 15) is 0 Å². The SMILES string of the molecule is c1ccc(C(c2ccccc2)N2CN(C(c3ccccc3)c3ccccc3)[C@@H](c3ccccc3)[C@@H]2c2ccccc2)cc1. The Hall–Kier alpha value is -4.76. The zero-order chi connectivity index (χ0) is 28.8. The second-order valence-electron chi connectivity index (χ2n) is 11.3. The van der Waals surface area contributed by atoms with Crippen LogP contribution in [-0.2, 0) is 0 Å². The van der Waals surface area contributed by atoms with E-state index in [1.807, 2.05) is 0 Å². The molecule has 0 bridgehead atoms. The van der Waals surface area contributed by atoms with Gasteiger partial charge in [0, 0.05) is 0 Å². The van der Waals surface area contributed by atoms with E-state index in [-0.39, 0.29) is 24.2 Å². The summed E-state index contributed by atoms with van der Waals surface area (Å²) in [6, 6.07) is 66.7. The lowest BCUT2D eigenvalue weighted by Gasteiger charge is -2.36. The van der Waals surface area contributed by atoms with Crippen LogP contribution in [0.5, 0.6) is 0 Å². The molecule has 43 heavy (non-hydrogen) atoms. The summed E-state index contributed by atoms with van der Waals surface area (Å²) in [7, 11) is 0. The quantitative estimate of drug-likeness (QED) is 0.184. The summed E-state index contributed by atoms with van der Waals surface area (Å²) in [6.45, 7) is 0.794. The first-order valence-electron chi connectivity index (χ1n) is 15.2. The molecule has 6 aromatic carbocycles. The van der Waals surface area contributed by atoms with Crippen molar-refractivity contribution in [3.05, 3.63) is 215 Å². The first-order chi connectivity index (χ1) is 21.4. The lowest BCUT2D eigenvalue weighted by Crippen LogP contribution is -2.33. The summed E-state index contributed by atoms with van der Waals surface area (Å²) >= 11 is 0. The summed E-state index contributed by atoms with van der Waals surface area (Å²) in [5, 5.41) is 0. The highest BCUT2D eigenvalue weighted by Gasteiger charge is 2.48. The Bertz CT molecular complexity index is 1480. The largest absolute Gasteiger partial charge is 0.270 e. The molecule has 0 unspecified atom stereocenters. The van der Waals surface area contributed by atoms with Crippen molar-refractivity contribution in [3.63, 3.8) is 0 Å². The van der Waals surface area contributed by atoms with E-state index in [1.165, 1.54) is 33.4 Å². The van der Waals surface area contributed by atoms with Gasteiger partial charge in [0.2, 0.25) is 0 Å². The van der Waals surface area contributed by atoms with Gasteiger partial charge in [-0.2, -0.15) is 0 Å². The van der Waals surface area contributed by atoms with Crippen molar-refractivity contribution in [2.75, 3.05) is 6.67 Å². The fourth-order valence-corrected chi connectivity index (χ4v) is 6.95. The lowest BCUT2D eigenvalue weighted by molar-refractivity contribution is 0.164. The van der Waals surface area contributed by atoms with E-state index in [4.69, 9.17) is 0 Å². The minimum absolute atomic E-state index is 0.0796. The van der Waals surface area contributed by atoms with Crippen molar-refractivity contribution < 1.29 is 0 Å². The number of nitrogens with zero attached hydrogens (tertiary/aromatic N) is 2. The van der Waals surface area contributed by atoms with Gasteiger partial charge in [0.05, 0.1) is 30.8 Å². The highest BCUT2D eigenvalue weighted by atomic mass is 15.4. The first kappa shape index (κ1) is 27.1. The Balaban J connectivity index is 1.47. The monoisotopic (exact) mass is 556 g/mol. The predicted octanol–water partition coefficient (Wildman–Crippen LogP) is 9.62. The molecule has 6 aromatic rings. The second kappa shape index (κ2) is 12.6. The van der Waals surface area contributed by atoms with Gasteiger partial charge in [0.1, 0.15) is 0 Å². The molecule has 0 aromatic heterocycles. The highest BCUT2D eigenvalue weighted by molar-refractivity contribution is 5.39. The molecule has 0 spiro atoms. The molecule has 0 radical (unpaired) electrons. The summed E-state index contributed by atoms with van der Waals surface area (Å²) in [5.41, 5.74) is 7.88. The van der Waals surface area contributed by atoms with E-state index in [1.54, 1.807) is 0 Å². The normalized spacial score (nSPS) is 17.4. The number of rotatable bonds is 8. The van der Waals surface area contributed by atoms with E-state index >= 15 is 0 Å². The average Bonchev–Trinajstić information content (AvgIpc) is 3.47. The van der Waals surface area contributed by atoms with Crippen molar-refractivity contribution in [1.29, 1.82) is 0 Å². The van der Waals surface area contributed by atoms with E-state index in [0.717, 1.165) is 6.67 Å². The maximum Gasteiger partial charge on any atom is 0.0620 e. The minimum atomic E-state index is 0.0796. The van der Waals surface area contributed by atoms with E-state index < -0.39 is 0 Å². The number of hydrogen-bond donors (Lipinski definition) is 0. The minimum Gasteiger partial charge on any atom is -0.270 e. The van der Waals surface area contributed by atoms with Crippen LogP contribution in [0.4, 0.5) is 0 Å². The van der Waals surface area contributed by atoms with Gasteiger partial charge in [0.25, 0.3) is 0 Å². The van der Waals surface area contributed by atoms with Crippen LogP contribution in [0.15, 0.2) is 182 Å². The molecule has 1 saturated heterocycles. The molecule has 0 aliphatic carbocycles. The van der Waals surface area contributed by atoms with Crippen LogP contribution in [0, 0.1) is 0 Å². The summed E-state index contributed by atoms with van der Waals surface area (Å²) in [6.07, 6.45) is 0. The standard InChI is InChI=1S/C41H36N2/c1-7-19-32(20-8-1)38(33-21-9-2-10-22-33)42-31-43(39(34-23-11-3-12-24-34)35-25-13-4-14-26-35)41(37-29-17-6-18-30-37)40(42)36-27-15-5-16-28-36/h1-30,38-41H,31H2/t40-,41-/m0/s1. The third kappa shape index (κ3) is 5.56. The van der Waals surface area contributed by atoms with Gasteiger partial charge in [-0.1, -0.05) is 182 Å². The van der Waals surface area contributed by atoms with Gasteiger partial charge in [-0.3, -0.25) is 9.80 Å². The van der Waals surface area contributed by atoms with Crippen LogP contribution in [0.25, 0.3) is 0 Å². The van der Waals surface area contributed by atoms with Crippen LogP contribution in [0.2, 0.25) is 0 Å². The molecule has 2 nitrogen and oxygen atoms in total. The Morgan fingerprint density at radius 1 is 0.326 bits per heavy atom. The summed E-state index contributed by atoms with van der Waals surface area (Å²) < 4.78 is 0. The third-order valence-corrected chi connectivity index (χ3v) is 8.75. The van der Waals surface area contributed by atoms with Crippen LogP contribution in [0.3, 0.4) is 0 Å². The van der Waals surface area contributed by atoms with Crippen LogP contribution in [-0.4, -0.2) is 16.5 Å².